The lowest BCUT2D eigenvalue weighted by Crippen LogP contribution is -2.21. The lowest BCUT2D eigenvalue weighted by Gasteiger charge is -2.31. The third-order valence-corrected chi connectivity index (χ3v) is 2.39. The van der Waals surface area contributed by atoms with Gasteiger partial charge >= 0.3 is 0 Å². The Morgan fingerprint density at radius 3 is 2.60 bits per heavy atom. The minimum Gasteiger partial charge on any atom is -0.198 e. The average molecular weight is 137 g/mol. The minimum atomic E-state index is 0.337. The first-order chi connectivity index (χ1) is 4.64. The lowest BCUT2D eigenvalue weighted by molar-refractivity contribution is 0.210. The van der Waals surface area contributed by atoms with Crippen molar-refractivity contribution in [1.29, 1.82) is 5.26 Å². The predicted molar refractivity (Wildman–Crippen MR) is 41.4 cm³/mol. The van der Waals surface area contributed by atoms with E-state index in [0.717, 1.165) is 12.8 Å². The van der Waals surface area contributed by atoms with Crippen LogP contribution in [-0.2, 0) is 0 Å². The van der Waals surface area contributed by atoms with Crippen molar-refractivity contribution in [2.75, 3.05) is 0 Å². The van der Waals surface area contributed by atoms with E-state index in [0.29, 0.717) is 11.3 Å². The van der Waals surface area contributed by atoms with Crippen LogP contribution >= 0.6 is 0 Å². The third kappa shape index (κ3) is 1.73. The lowest BCUT2D eigenvalue weighted by atomic mass is 9.73. The largest absolute Gasteiger partial charge is 0.198 e. The van der Waals surface area contributed by atoms with Crippen LogP contribution in [0.4, 0.5) is 0 Å². The quantitative estimate of drug-likeness (QED) is 0.503. The molecule has 1 fully saturated rings. The number of hydrogen-bond acceptors (Lipinski definition) is 1. The summed E-state index contributed by atoms with van der Waals surface area (Å²) in [5.41, 5.74) is 0.429. The second-order valence-electron chi connectivity index (χ2n) is 4.09. The van der Waals surface area contributed by atoms with Crippen LogP contribution in [0.5, 0.6) is 0 Å². The number of nitriles is 1. The van der Waals surface area contributed by atoms with Gasteiger partial charge in [0, 0.05) is 5.92 Å². The standard InChI is InChI=1S/C9H15N/c1-9(2)5-3-4-8(6-9)7-10/h8H,3-6H2,1-2H3/t8-/m1/s1. The molecule has 1 aliphatic rings. The maximum Gasteiger partial charge on any atom is 0.0655 e. The van der Waals surface area contributed by atoms with Gasteiger partial charge in [0.25, 0.3) is 0 Å². The molecule has 1 nitrogen and oxygen atoms in total. The molecule has 10 heavy (non-hydrogen) atoms. The molecule has 0 radical (unpaired) electrons. The predicted octanol–water partition coefficient (Wildman–Crippen LogP) is 2.73. The van der Waals surface area contributed by atoms with E-state index in [-0.39, 0.29) is 0 Å². The summed E-state index contributed by atoms with van der Waals surface area (Å²) in [5.74, 6) is 0.337. The zero-order valence-electron chi connectivity index (χ0n) is 6.85. The van der Waals surface area contributed by atoms with Crippen LogP contribution < -0.4 is 0 Å². The molecule has 1 atom stereocenters. The van der Waals surface area contributed by atoms with Crippen molar-refractivity contribution >= 4 is 0 Å². The summed E-state index contributed by atoms with van der Waals surface area (Å²) in [7, 11) is 0. The highest BCUT2D eigenvalue weighted by Gasteiger charge is 2.27. The fraction of sp³-hybridized carbons (Fsp3) is 0.889. The molecule has 0 bridgehead atoms. The number of nitrogens with zero attached hydrogens (tertiary/aromatic N) is 1. The molecule has 0 aromatic rings. The van der Waals surface area contributed by atoms with Crippen LogP contribution in [0.2, 0.25) is 0 Å². The summed E-state index contributed by atoms with van der Waals surface area (Å²) in [4.78, 5) is 0. The molecule has 0 N–H and O–H groups in total. The Balaban J connectivity index is 2.49. The van der Waals surface area contributed by atoms with Gasteiger partial charge in [-0.2, -0.15) is 5.26 Å². The first-order valence-electron chi connectivity index (χ1n) is 4.04. The summed E-state index contributed by atoms with van der Waals surface area (Å²) in [6.45, 7) is 4.52. The summed E-state index contributed by atoms with van der Waals surface area (Å²) in [5, 5.41) is 8.67. The molecule has 0 aromatic heterocycles. The Morgan fingerprint density at radius 1 is 1.50 bits per heavy atom. The van der Waals surface area contributed by atoms with Crippen LogP contribution in [-0.4, -0.2) is 0 Å². The highest BCUT2D eigenvalue weighted by molar-refractivity contribution is 4.90. The molecule has 1 saturated carbocycles. The normalized spacial score (nSPS) is 31.1. The van der Waals surface area contributed by atoms with Crippen LogP contribution in [0.15, 0.2) is 0 Å². The van der Waals surface area contributed by atoms with E-state index < -0.39 is 0 Å². The van der Waals surface area contributed by atoms with Gasteiger partial charge in [0.05, 0.1) is 6.07 Å². The van der Waals surface area contributed by atoms with Crippen molar-refractivity contribution in [3.05, 3.63) is 0 Å². The van der Waals surface area contributed by atoms with Gasteiger partial charge in [-0.15, -0.1) is 0 Å². The zero-order valence-corrected chi connectivity index (χ0v) is 6.85. The van der Waals surface area contributed by atoms with Gasteiger partial charge in [-0.25, -0.2) is 0 Å². The molecular formula is C9H15N. The van der Waals surface area contributed by atoms with Crippen LogP contribution in [0.3, 0.4) is 0 Å². The molecular weight excluding hydrogens is 122 g/mol. The molecule has 0 spiro atoms. The van der Waals surface area contributed by atoms with E-state index in [9.17, 15) is 0 Å². The Kier molecular flexibility index (Phi) is 1.99. The molecule has 0 unspecified atom stereocenters. The Labute approximate surface area is 63.0 Å². The van der Waals surface area contributed by atoms with Crippen molar-refractivity contribution < 1.29 is 0 Å². The van der Waals surface area contributed by atoms with Gasteiger partial charge in [0.2, 0.25) is 0 Å². The van der Waals surface area contributed by atoms with E-state index in [1.807, 2.05) is 0 Å². The van der Waals surface area contributed by atoms with Crippen molar-refractivity contribution in [3.63, 3.8) is 0 Å². The SMILES string of the molecule is CC1(C)CCC[C@@H](C#N)C1. The Bertz CT molecular complexity index is 153. The highest BCUT2D eigenvalue weighted by atomic mass is 14.4. The molecule has 0 aliphatic heterocycles. The maximum absolute atomic E-state index is 8.67. The maximum atomic E-state index is 8.67. The van der Waals surface area contributed by atoms with Crippen molar-refractivity contribution in [2.24, 2.45) is 11.3 Å². The Morgan fingerprint density at radius 2 is 2.20 bits per heavy atom. The first kappa shape index (κ1) is 7.60. The topological polar surface area (TPSA) is 23.8 Å². The second-order valence-corrected chi connectivity index (χ2v) is 4.09. The highest BCUT2D eigenvalue weighted by Crippen LogP contribution is 2.37. The zero-order chi connectivity index (χ0) is 7.61. The van der Waals surface area contributed by atoms with Crippen molar-refractivity contribution in [1.82, 2.24) is 0 Å². The molecule has 56 valence electrons. The molecule has 0 aromatic carbocycles. The number of rotatable bonds is 0. The van der Waals surface area contributed by atoms with Gasteiger partial charge in [0.1, 0.15) is 0 Å². The van der Waals surface area contributed by atoms with Gasteiger partial charge < -0.3 is 0 Å². The van der Waals surface area contributed by atoms with Gasteiger partial charge in [0.15, 0.2) is 0 Å². The number of hydrogen-bond donors (Lipinski definition) is 0. The summed E-state index contributed by atoms with van der Waals surface area (Å²) in [6, 6.07) is 2.36. The fourth-order valence-electron chi connectivity index (χ4n) is 1.81. The molecule has 1 heteroatoms. The first-order valence-corrected chi connectivity index (χ1v) is 4.04. The molecule has 0 heterocycles. The third-order valence-electron chi connectivity index (χ3n) is 2.39. The summed E-state index contributed by atoms with van der Waals surface area (Å²) >= 11 is 0. The van der Waals surface area contributed by atoms with E-state index in [1.54, 1.807) is 0 Å². The van der Waals surface area contributed by atoms with E-state index in [4.69, 9.17) is 5.26 Å². The molecule has 0 saturated heterocycles. The van der Waals surface area contributed by atoms with Crippen LogP contribution in [0.25, 0.3) is 0 Å². The van der Waals surface area contributed by atoms with Gasteiger partial charge in [-0.1, -0.05) is 20.3 Å². The van der Waals surface area contributed by atoms with E-state index in [1.165, 1.54) is 12.8 Å². The summed E-state index contributed by atoms with van der Waals surface area (Å²) < 4.78 is 0. The summed E-state index contributed by atoms with van der Waals surface area (Å²) in [6.07, 6.45) is 4.76. The van der Waals surface area contributed by atoms with Crippen molar-refractivity contribution in [2.45, 2.75) is 39.5 Å². The monoisotopic (exact) mass is 137 g/mol. The molecule has 1 rings (SSSR count). The second kappa shape index (κ2) is 2.62. The average Bonchev–Trinajstić information content (AvgIpc) is 1.86. The van der Waals surface area contributed by atoms with Gasteiger partial charge in [-0.3, -0.25) is 0 Å². The van der Waals surface area contributed by atoms with Gasteiger partial charge in [-0.05, 0) is 24.7 Å². The molecule has 1 aliphatic carbocycles. The fourth-order valence-corrected chi connectivity index (χ4v) is 1.81. The Hall–Kier alpha value is -0.510. The van der Waals surface area contributed by atoms with Crippen LogP contribution in [0.1, 0.15) is 39.5 Å². The van der Waals surface area contributed by atoms with Crippen LogP contribution in [0, 0.1) is 22.7 Å². The molecule has 0 amide bonds. The van der Waals surface area contributed by atoms with E-state index >= 15 is 0 Å². The van der Waals surface area contributed by atoms with Crippen molar-refractivity contribution in [3.8, 4) is 6.07 Å². The smallest absolute Gasteiger partial charge is 0.0655 e. The van der Waals surface area contributed by atoms with E-state index in [2.05, 4.69) is 19.9 Å². The minimum absolute atomic E-state index is 0.337.